The van der Waals surface area contributed by atoms with Gasteiger partial charge in [0.2, 0.25) is 5.91 Å². The minimum atomic E-state index is -0.575. The van der Waals surface area contributed by atoms with Crippen molar-refractivity contribution in [2.24, 2.45) is 0 Å². The Morgan fingerprint density at radius 2 is 2.00 bits per heavy atom. The first-order valence-electron chi connectivity index (χ1n) is 8.84. The number of piperidine rings is 1. The van der Waals surface area contributed by atoms with Crippen LogP contribution < -0.4 is 5.32 Å². The molecule has 0 saturated carbocycles. The van der Waals surface area contributed by atoms with Crippen LogP contribution in [0.2, 0.25) is 0 Å². The zero-order valence-corrected chi connectivity index (χ0v) is 14.5. The van der Waals surface area contributed by atoms with E-state index in [9.17, 15) is 9.59 Å². The molecule has 1 aromatic carbocycles. The number of amides is 2. The molecule has 5 heteroatoms. The van der Waals surface area contributed by atoms with Gasteiger partial charge in [-0.2, -0.15) is 0 Å². The molecule has 1 saturated heterocycles. The highest BCUT2D eigenvalue weighted by Gasteiger charge is 2.30. The zero-order valence-electron chi connectivity index (χ0n) is 14.5. The molecule has 0 spiro atoms. The number of benzene rings is 1. The highest BCUT2D eigenvalue weighted by Crippen LogP contribution is 2.21. The summed E-state index contributed by atoms with van der Waals surface area (Å²) in [5.74, 6) is -0.165. The van der Waals surface area contributed by atoms with E-state index in [1.165, 1.54) is 11.8 Å². The van der Waals surface area contributed by atoms with Crippen LogP contribution in [-0.2, 0) is 11.2 Å². The van der Waals surface area contributed by atoms with Gasteiger partial charge < -0.3 is 14.6 Å². The fourth-order valence-corrected chi connectivity index (χ4v) is 3.38. The molecule has 1 aliphatic rings. The molecule has 1 aromatic heterocycles. The summed E-state index contributed by atoms with van der Waals surface area (Å²) >= 11 is 0. The third-order valence-corrected chi connectivity index (χ3v) is 4.69. The first kappa shape index (κ1) is 17.3. The summed E-state index contributed by atoms with van der Waals surface area (Å²) in [7, 11) is 0. The Morgan fingerprint density at radius 3 is 2.72 bits per heavy atom. The zero-order chi connectivity index (χ0) is 17.6. The first-order chi connectivity index (χ1) is 12.1. The molecule has 0 radical (unpaired) electrons. The van der Waals surface area contributed by atoms with E-state index in [0.717, 1.165) is 32.2 Å². The predicted octanol–water partition coefficient (Wildman–Crippen LogP) is 3.02. The summed E-state index contributed by atoms with van der Waals surface area (Å²) in [6.07, 6.45) is 5.44. The quantitative estimate of drug-likeness (QED) is 0.910. The van der Waals surface area contributed by atoms with Gasteiger partial charge in [-0.25, -0.2) is 0 Å². The Morgan fingerprint density at radius 1 is 1.20 bits per heavy atom. The number of likely N-dealkylation sites (tertiary alicyclic amines) is 1. The molecule has 0 bridgehead atoms. The average molecular weight is 340 g/mol. The van der Waals surface area contributed by atoms with Crippen LogP contribution in [0.3, 0.4) is 0 Å². The Kier molecular flexibility index (Phi) is 5.53. The van der Waals surface area contributed by atoms with Crippen LogP contribution in [-0.4, -0.2) is 35.3 Å². The lowest BCUT2D eigenvalue weighted by atomic mass is 9.95. The predicted molar refractivity (Wildman–Crippen MR) is 95.1 cm³/mol. The molecule has 2 atom stereocenters. The van der Waals surface area contributed by atoms with Crippen LogP contribution in [0, 0.1) is 0 Å². The molecule has 2 aromatic rings. The van der Waals surface area contributed by atoms with E-state index >= 15 is 0 Å². The maximum atomic E-state index is 12.9. The largest absolute Gasteiger partial charge is 0.459 e. The van der Waals surface area contributed by atoms with Gasteiger partial charge in [0.25, 0.3) is 5.91 Å². The van der Waals surface area contributed by atoms with E-state index in [-0.39, 0.29) is 23.6 Å². The Bertz CT molecular complexity index is 697. The van der Waals surface area contributed by atoms with Crippen LogP contribution in [0.5, 0.6) is 0 Å². The molecule has 1 fully saturated rings. The Balaban J connectivity index is 1.64. The second-order valence-corrected chi connectivity index (χ2v) is 6.54. The van der Waals surface area contributed by atoms with Crippen LogP contribution in [0.25, 0.3) is 0 Å². The second kappa shape index (κ2) is 8.01. The summed E-state index contributed by atoms with van der Waals surface area (Å²) in [4.78, 5) is 26.9. The highest BCUT2D eigenvalue weighted by atomic mass is 16.3. The Hall–Kier alpha value is -2.56. The topological polar surface area (TPSA) is 62.6 Å². The maximum Gasteiger partial charge on any atom is 0.287 e. The van der Waals surface area contributed by atoms with Gasteiger partial charge in [0.1, 0.15) is 6.04 Å². The first-order valence-corrected chi connectivity index (χ1v) is 8.84. The summed E-state index contributed by atoms with van der Waals surface area (Å²) in [5.41, 5.74) is 1.24. The summed E-state index contributed by atoms with van der Waals surface area (Å²) in [6.45, 7) is 2.48. The van der Waals surface area contributed by atoms with Gasteiger partial charge in [-0.3, -0.25) is 9.59 Å². The van der Waals surface area contributed by atoms with Crippen LogP contribution in [0.15, 0.2) is 53.1 Å². The number of hydrogen-bond donors (Lipinski definition) is 1. The standard InChI is InChI=1S/C20H24N2O3/c1-15(21-19(23)18-11-7-13-25-18)20(24)22-12-6-5-10-17(22)14-16-8-3-2-4-9-16/h2-4,7-9,11,13,15,17H,5-6,10,12,14H2,1H3,(H,21,23)/t15-,17-/m0/s1. The smallest absolute Gasteiger partial charge is 0.287 e. The van der Waals surface area contributed by atoms with Crippen LogP contribution in [0.1, 0.15) is 42.3 Å². The fourth-order valence-electron chi connectivity index (χ4n) is 3.38. The number of carbonyl (C=O) groups excluding carboxylic acids is 2. The molecule has 132 valence electrons. The monoisotopic (exact) mass is 340 g/mol. The molecule has 3 rings (SSSR count). The van der Waals surface area contributed by atoms with E-state index < -0.39 is 6.04 Å². The van der Waals surface area contributed by atoms with Crippen molar-refractivity contribution in [1.29, 1.82) is 0 Å². The summed E-state index contributed by atoms with van der Waals surface area (Å²) < 4.78 is 5.08. The maximum absolute atomic E-state index is 12.9. The summed E-state index contributed by atoms with van der Waals surface area (Å²) in [6, 6.07) is 13.1. The lowest BCUT2D eigenvalue weighted by Crippen LogP contribution is -2.52. The minimum Gasteiger partial charge on any atom is -0.459 e. The van der Waals surface area contributed by atoms with Crippen molar-refractivity contribution >= 4 is 11.8 Å². The van der Waals surface area contributed by atoms with Crippen molar-refractivity contribution in [3.05, 3.63) is 60.1 Å². The second-order valence-electron chi connectivity index (χ2n) is 6.54. The average Bonchev–Trinajstić information content (AvgIpc) is 3.17. The number of nitrogens with zero attached hydrogens (tertiary/aromatic N) is 1. The van der Waals surface area contributed by atoms with Gasteiger partial charge in [0.05, 0.1) is 6.26 Å². The van der Waals surface area contributed by atoms with Gasteiger partial charge in [0.15, 0.2) is 5.76 Å². The van der Waals surface area contributed by atoms with E-state index in [0.29, 0.717) is 0 Å². The summed E-state index contributed by atoms with van der Waals surface area (Å²) in [5, 5.41) is 2.74. The highest BCUT2D eigenvalue weighted by molar-refractivity contribution is 5.95. The van der Waals surface area contributed by atoms with Crippen LogP contribution in [0.4, 0.5) is 0 Å². The molecule has 25 heavy (non-hydrogen) atoms. The molecule has 0 aliphatic carbocycles. The molecular weight excluding hydrogens is 316 g/mol. The molecule has 0 unspecified atom stereocenters. The van der Waals surface area contributed by atoms with E-state index in [1.807, 2.05) is 23.1 Å². The van der Waals surface area contributed by atoms with E-state index in [4.69, 9.17) is 4.42 Å². The van der Waals surface area contributed by atoms with Crippen LogP contribution >= 0.6 is 0 Å². The molecular formula is C20H24N2O3. The normalized spacial score (nSPS) is 18.6. The molecule has 2 amide bonds. The van der Waals surface area contributed by atoms with Crippen molar-refractivity contribution in [2.45, 2.75) is 44.7 Å². The lowest BCUT2D eigenvalue weighted by molar-refractivity contribution is -0.136. The van der Waals surface area contributed by atoms with Crippen molar-refractivity contribution in [2.75, 3.05) is 6.54 Å². The Labute approximate surface area is 148 Å². The lowest BCUT2D eigenvalue weighted by Gasteiger charge is -2.37. The van der Waals surface area contributed by atoms with Gasteiger partial charge in [-0.15, -0.1) is 0 Å². The van der Waals surface area contributed by atoms with Gasteiger partial charge in [-0.05, 0) is 50.3 Å². The van der Waals surface area contributed by atoms with Crippen molar-refractivity contribution in [3.8, 4) is 0 Å². The molecule has 2 heterocycles. The van der Waals surface area contributed by atoms with Gasteiger partial charge in [0, 0.05) is 12.6 Å². The fraction of sp³-hybridized carbons (Fsp3) is 0.400. The number of furan rings is 1. The molecule has 5 nitrogen and oxygen atoms in total. The minimum absolute atomic E-state index is 0.0273. The number of rotatable bonds is 5. The van der Waals surface area contributed by atoms with Crippen molar-refractivity contribution in [3.63, 3.8) is 0 Å². The number of carbonyl (C=O) groups is 2. The van der Waals surface area contributed by atoms with Gasteiger partial charge in [-0.1, -0.05) is 30.3 Å². The molecule has 1 aliphatic heterocycles. The van der Waals surface area contributed by atoms with E-state index in [1.54, 1.807) is 19.1 Å². The third-order valence-electron chi connectivity index (χ3n) is 4.69. The third kappa shape index (κ3) is 4.29. The van der Waals surface area contributed by atoms with Crippen molar-refractivity contribution in [1.82, 2.24) is 10.2 Å². The molecule has 1 N–H and O–H groups in total. The SMILES string of the molecule is C[C@H](NC(=O)c1ccco1)C(=O)N1CCCC[C@H]1Cc1ccccc1. The van der Waals surface area contributed by atoms with E-state index in [2.05, 4.69) is 17.4 Å². The number of hydrogen-bond acceptors (Lipinski definition) is 3. The van der Waals surface area contributed by atoms with Crippen molar-refractivity contribution < 1.29 is 14.0 Å². The number of nitrogens with one attached hydrogen (secondary N) is 1. The van der Waals surface area contributed by atoms with Gasteiger partial charge >= 0.3 is 0 Å².